The minimum atomic E-state index is -4.44. The normalized spacial score (nSPS) is 11.2. The van der Waals surface area contributed by atoms with Crippen LogP contribution in [0.15, 0.2) is 42.5 Å². The van der Waals surface area contributed by atoms with Gasteiger partial charge in [-0.25, -0.2) is 0 Å². The van der Waals surface area contributed by atoms with Crippen molar-refractivity contribution in [1.82, 2.24) is 0 Å². The topological polar surface area (TPSA) is 49.4 Å². The molecule has 0 saturated carbocycles. The Morgan fingerprint density at radius 1 is 1.12 bits per heavy atom. The number of halogens is 4. The minimum absolute atomic E-state index is 0.208. The van der Waals surface area contributed by atoms with Gasteiger partial charge in [0, 0.05) is 23.3 Å². The van der Waals surface area contributed by atoms with Crippen LogP contribution in [0.3, 0.4) is 0 Å². The smallest absolute Gasteiger partial charge is 0.325 e. The highest BCUT2D eigenvalue weighted by Gasteiger charge is 2.30. The van der Waals surface area contributed by atoms with Crippen molar-refractivity contribution in [3.8, 4) is 0 Å². The summed E-state index contributed by atoms with van der Waals surface area (Å²) in [6.45, 7) is 2.79. The van der Waals surface area contributed by atoms with Gasteiger partial charge >= 0.3 is 6.18 Å². The van der Waals surface area contributed by atoms with Gasteiger partial charge in [-0.15, -0.1) is 0 Å². The first-order chi connectivity index (χ1) is 12.1. The fourth-order valence-corrected chi connectivity index (χ4v) is 2.60. The summed E-state index contributed by atoms with van der Waals surface area (Å²) in [6.07, 6.45) is -4.44. The summed E-state index contributed by atoms with van der Waals surface area (Å²) < 4.78 is 37.7. The van der Waals surface area contributed by atoms with E-state index in [-0.39, 0.29) is 18.1 Å². The van der Waals surface area contributed by atoms with Crippen molar-refractivity contribution in [2.75, 3.05) is 16.8 Å². The van der Waals surface area contributed by atoms with Crippen LogP contribution in [0.1, 0.15) is 18.1 Å². The number of hydrogen-bond acceptors (Lipinski definition) is 2. The van der Waals surface area contributed by atoms with Gasteiger partial charge in [0.2, 0.25) is 11.8 Å². The summed E-state index contributed by atoms with van der Waals surface area (Å²) in [5.74, 6) is -0.882. The Morgan fingerprint density at radius 3 is 2.23 bits per heavy atom. The van der Waals surface area contributed by atoms with E-state index in [4.69, 9.17) is 11.6 Å². The van der Waals surface area contributed by atoms with Crippen LogP contribution >= 0.6 is 11.6 Å². The molecule has 8 heteroatoms. The van der Waals surface area contributed by atoms with Gasteiger partial charge in [0.05, 0.1) is 5.56 Å². The molecule has 0 aliphatic rings. The molecule has 0 saturated heterocycles. The van der Waals surface area contributed by atoms with E-state index in [1.165, 1.54) is 11.8 Å². The lowest BCUT2D eigenvalue weighted by molar-refractivity contribution is -0.137. The zero-order valence-corrected chi connectivity index (χ0v) is 14.8. The van der Waals surface area contributed by atoms with E-state index in [0.717, 1.165) is 29.8 Å². The molecular weight excluding hydrogens is 369 g/mol. The number of anilines is 2. The van der Waals surface area contributed by atoms with Crippen LogP contribution in [-0.2, 0) is 15.8 Å². The molecule has 2 aromatic rings. The number of hydrogen-bond donors (Lipinski definition) is 1. The molecule has 0 unspecified atom stereocenters. The fraction of sp³-hybridized carbons (Fsp3) is 0.222. The lowest BCUT2D eigenvalue weighted by Gasteiger charge is -2.22. The van der Waals surface area contributed by atoms with Gasteiger partial charge in [-0.1, -0.05) is 11.6 Å². The van der Waals surface area contributed by atoms with Crippen molar-refractivity contribution in [2.45, 2.75) is 20.0 Å². The predicted octanol–water partition coefficient (Wildman–Crippen LogP) is 4.66. The van der Waals surface area contributed by atoms with Crippen LogP contribution in [0.5, 0.6) is 0 Å². The second-order valence-electron chi connectivity index (χ2n) is 5.66. The first-order valence-corrected chi connectivity index (χ1v) is 7.97. The second kappa shape index (κ2) is 7.78. The van der Waals surface area contributed by atoms with Gasteiger partial charge in [-0.2, -0.15) is 13.2 Å². The van der Waals surface area contributed by atoms with Crippen molar-refractivity contribution < 1.29 is 22.8 Å². The number of amides is 2. The Hall–Kier alpha value is -2.54. The Morgan fingerprint density at radius 2 is 1.73 bits per heavy atom. The Bertz CT molecular complexity index is 820. The van der Waals surface area contributed by atoms with Crippen molar-refractivity contribution in [2.24, 2.45) is 0 Å². The summed E-state index contributed by atoms with van der Waals surface area (Å²) >= 11 is 5.90. The van der Waals surface area contributed by atoms with Gasteiger partial charge in [0.25, 0.3) is 0 Å². The average Bonchev–Trinajstić information content (AvgIpc) is 2.52. The third-order valence-electron chi connectivity index (χ3n) is 3.63. The molecule has 2 rings (SSSR count). The maximum absolute atomic E-state index is 12.6. The molecule has 0 spiro atoms. The van der Waals surface area contributed by atoms with Gasteiger partial charge in [0.15, 0.2) is 0 Å². The number of aryl methyl sites for hydroxylation is 1. The van der Waals surface area contributed by atoms with Gasteiger partial charge in [-0.05, 0) is 55.0 Å². The molecule has 2 aromatic carbocycles. The Kier molecular flexibility index (Phi) is 5.92. The molecule has 2 amide bonds. The zero-order chi connectivity index (χ0) is 19.5. The number of alkyl halides is 3. The third-order valence-corrected chi connectivity index (χ3v) is 3.86. The fourth-order valence-electron chi connectivity index (χ4n) is 2.37. The highest BCUT2D eigenvalue weighted by atomic mass is 35.5. The summed E-state index contributed by atoms with van der Waals surface area (Å²) in [7, 11) is 0. The quantitative estimate of drug-likeness (QED) is 0.833. The molecule has 0 radical (unpaired) electrons. The SMILES string of the molecule is CC(=O)N(CC(=O)Nc1ccc(C(F)(F)F)cc1)c1ccc(Cl)cc1C. The summed E-state index contributed by atoms with van der Waals surface area (Å²) in [4.78, 5) is 25.4. The van der Waals surface area contributed by atoms with Crippen LogP contribution in [0.4, 0.5) is 24.5 Å². The Balaban J connectivity index is 2.12. The first-order valence-electron chi connectivity index (χ1n) is 7.59. The van der Waals surface area contributed by atoms with Crippen molar-refractivity contribution in [3.05, 3.63) is 58.6 Å². The van der Waals surface area contributed by atoms with Crippen molar-refractivity contribution >= 4 is 34.8 Å². The number of nitrogens with zero attached hydrogens (tertiary/aromatic N) is 1. The van der Waals surface area contributed by atoms with Gasteiger partial charge in [-0.3, -0.25) is 9.59 Å². The molecule has 0 bridgehead atoms. The number of benzene rings is 2. The van der Waals surface area contributed by atoms with Crippen LogP contribution in [0, 0.1) is 6.92 Å². The molecule has 0 aromatic heterocycles. The molecule has 0 atom stereocenters. The van der Waals surface area contributed by atoms with Gasteiger partial charge in [0.1, 0.15) is 6.54 Å². The number of rotatable bonds is 4. The van der Waals surface area contributed by atoms with Crippen molar-refractivity contribution in [3.63, 3.8) is 0 Å². The predicted molar refractivity (Wildman–Crippen MR) is 94.3 cm³/mol. The summed E-state index contributed by atoms with van der Waals surface area (Å²) in [5.41, 5.74) is 0.650. The maximum Gasteiger partial charge on any atom is 0.416 e. The first kappa shape index (κ1) is 19.8. The standard InChI is InChI=1S/C18H16ClF3N2O2/c1-11-9-14(19)5-8-16(11)24(12(2)25)10-17(26)23-15-6-3-13(4-7-15)18(20,21)22/h3-9H,10H2,1-2H3,(H,23,26). The molecule has 4 nitrogen and oxygen atoms in total. The van der Waals surface area contributed by atoms with E-state index in [9.17, 15) is 22.8 Å². The lowest BCUT2D eigenvalue weighted by atomic mass is 10.1. The summed E-state index contributed by atoms with van der Waals surface area (Å²) in [6, 6.07) is 8.97. The molecule has 138 valence electrons. The summed E-state index contributed by atoms with van der Waals surface area (Å²) in [5, 5.41) is 2.98. The molecule has 0 fully saturated rings. The molecule has 26 heavy (non-hydrogen) atoms. The van der Waals surface area contributed by atoms with Crippen LogP contribution in [0.2, 0.25) is 5.02 Å². The maximum atomic E-state index is 12.6. The molecule has 1 N–H and O–H groups in total. The van der Waals surface area contributed by atoms with E-state index >= 15 is 0 Å². The average molecular weight is 385 g/mol. The zero-order valence-electron chi connectivity index (χ0n) is 14.0. The van der Waals surface area contributed by atoms with Crippen LogP contribution in [0.25, 0.3) is 0 Å². The Labute approximate surface area is 153 Å². The monoisotopic (exact) mass is 384 g/mol. The number of carbonyl (C=O) groups excluding carboxylic acids is 2. The second-order valence-corrected chi connectivity index (χ2v) is 6.10. The molecule has 0 aliphatic heterocycles. The lowest BCUT2D eigenvalue weighted by Crippen LogP contribution is -2.37. The van der Waals surface area contributed by atoms with E-state index < -0.39 is 17.6 Å². The highest BCUT2D eigenvalue weighted by Crippen LogP contribution is 2.30. The largest absolute Gasteiger partial charge is 0.416 e. The van der Waals surface area contributed by atoms with E-state index in [2.05, 4.69) is 5.32 Å². The molecular formula is C18H16ClF3N2O2. The van der Waals surface area contributed by atoms with Crippen LogP contribution < -0.4 is 10.2 Å². The molecule has 0 heterocycles. The van der Waals surface area contributed by atoms with E-state index in [0.29, 0.717) is 10.7 Å². The van der Waals surface area contributed by atoms with Gasteiger partial charge < -0.3 is 10.2 Å². The highest BCUT2D eigenvalue weighted by molar-refractivity contribution is 6.30. The van der Waals surface area contributed by atoms with E-state index in [1.54, 1.807) is 25.1 Å². The van der Waals surface area contributed by atoms with Crippen molar-refractivity contribution in [1.29, 1.82) is 0 Å². The molecule has 0 aliphatic carbocycles. The third kappa shape index (κ3) is 4.98. The minimum Gasteiger partial charge on any atom is -0.325 e. The van der Waals surface area contributed by atoms with E-state index in [1.807, 2.05) is 0 Å². The number of carbonyl (C=O) groups is 2. The number of nitrogens with one attached hydrogen (secondary N) is 1. The van der Waals surface area contributed by atoms with Crippen LogP contribution in [-0.4, -0.2) is 18.4 Å².